The first kappa shape index (κ1) is 13.8. The highest BCUT2D eigenvalue weighted by atomic mass is 32.1. The summed E-state index contributed by atoms with van der Waals surface area (Å²) in [6.45, 7) is 6.58. The molecule has 3 heterocycles. The molecule has 0 amide bonds. The Labute approximate surface area is 124 Å². The zero-order chi connectivity index (χ0) is 13.9. The van der Waals surface area contributed by atoms with Crippen molar-refractivity contribution in [2.45, 2.75) is 52.1 Å². The third-order valence-corrected chi connectivity index (χ3v) is 5.10. The fourth-order valence-electron chi connectivity index (χ4n) is 2.95. The van der Waals surface area contributed by atoms with Gasteiger partial charge in [-0.2, -0.15) is 0 Å². The number of thiophene rings is 1. The monoisotopic (exact) mass is 290 g/mol. The number of aromatic nitrogens is 1. The molecule has 0 aromatic carbocycles. The molecule has 0 saturated carbocycles. The third kappa shape index (κ3) is 2.81. The van der Waals surface area contributed by atoms with Gasteiger partial charge in [0.15, 0.2) is 0 Å². The highest BCUT2D eigenvalue weighted by Gasteiger charge is 2.29. The van der Waals surface area contributed by atoms with Gasteiger partial charge >= 0.3 is 0 Å². The number of likely N-dealkylation sites (tertiary alicyclic amines) is 1. The maximum absolute atomic E-state index is 5.45. The van der Waals surface area contributed by atoms with Crippen LogP contribution in [0.1, 0.15) is 54.1 Å². The van der Waals surface area contributed by atoms with Gasteiger partial charge in [-0.1, -0.05) is 12.1 Å². The lowest BCUT2D eigenvalue weighted by Crippen LogP contribution is -2.22. The zero-order valence-electron chi connectivity index (χ0n) is 12.3. The summed E-state index contributed by atoms with van der Waals surface area (Å²) in [5.41, 5.74) is 2.53. The lowest BCUT2D eigenvalue weighted by Gasteiger charge is -2.22. The van der Waals surface area contributed by atoms with Gasteiger partial charge in [0.25, 0.3) is 0 Å². The summed E-state index contributed by atoms with van der Waals surface area (Å²) in [5.74, 6) is 1.03. The van der Waals surface area contributed by atoms with Crippen LogP contribution in [-0.2, 0) is 13.0 Å². The largest absolute Gasteiger partial charge is 0.361 e. The van der Waals surface area contributed by atoms with Crippen LogP contribution < -0.4 is 0 Å². The molecule has 108 valence electrons. The minimum absolute atomic E-state index is 0.436. The molecule has 4 heteroatoms. The Balaban J connectivity index is 1.73. The molecule has 0 spiro atoms. The highest BCUT2D eigenvalue weighted by Crippen LogP contribution is 2.34. The van der Waals surface area contributed by atoms with E-state index in [1.807, 2.05) is 11.3 Å². The topological polar surface area (TPSA) is 29.3 Å². The summed E-state index contributed by atoms with van der Waals surface area (Å²) in [6.07, 6.45) is 4.55. The summed E-state index contributed by atoms with van der Waals surface area (Å²) in [6, 6.07) is 4.81. The van der Waals surface area contributed by atoms with Crippen molar-refractivity contribution in [3.05, 3.63) is 39.4 Å². The van der Waals surface area contributed by atoms with Crippen LogP contribution in [0, 0.1) is 6.92 Å². The van der Waals surface area contributed by atoms with Crippen molar-refractivity contribution in [2.24, 2.45) is 0 Å². The van der Waals surface area contributed by atoms with Gasteiger partial charge in [0.05, 0.1) is 6.04 Å². The van der Waals surface area contributed by atoms with E-state index in [-0.39, 0.29) is 0 Å². The van der Waals surface area contributed by atoms with E-state index < -0.39 is 0 Å². The standard InChI is InChI=1S/C16H22N2OS/c1-3-5-13-10-14(17-19-13)15-6-4-8-18(15)11-16-12(2)7-9-20-16/h7,9-10,15H,3-6,8,11H2,1-2H3. The fourth-order valence-corrected chi connectivity index (χ4v) is 3.88. The van der Waals surface area contributed by atoms with Crippen LogP contribution in [-0.4, -0.2) is 16.6 Å². The summed E-state index contributed by atoms with van der Waals surface area (Å²) in [7, 11) is 0. The average Bonchev–Trinajstić information content (AvgIpc) is 3.13. The second kappa shape index (κ2) is 6.10. The lowest BCUT2D eigenvalue weighted by molar-refractivity contribution is 0.238. The van der Waals surface area contributed by atoms with E-state index in [1.54, 1.807) is 0 Å². The van der Waals surface area contributed by atoms with Gasteiger partial charge < -0.3 is 4.52 Å². The van der Waals surface area contributed by atoms with Gasteiger partial charge in [0.1, 0.15) is 11.5 Å². The maximum Gasteiger partial charge on any atom is 0.137 e. The Kier molecular flexibility index (Phi) is 4.22. The van der Waals surface area contributed by atoms with Crippen LogP contribution in [0.5, 0.6) is 0 Å². The Hall–Kier alpha value is -1.13. The van der Waals surface area contributed by atoms with Crippen LogP contribution in [0.3, 0.4) is 0 Å². The predicted octanol–water partition coefficient (Wildman–Crippen LogP) is 4.33. The van der Waals surface area contributed by atoms with Gasteiger partial charge in [0, 0.05) is 23.9 Å². The van der Waals surface area contributed by atoms with Crippen molar-refractivity contribution in [1.29, 1.82) is 0 Å². The molecule has 1 atom stereocenters. The molecule has 0 aliphatic carbocycles. The number of hydrogen-bond donors (Lipinski definition) is 0. The van der Waals surface area contributed by atoms with Crippen molar-refractivity contribution >= 4 is 11.3 Å². The molecule has 3 nitrogen and oxygen atoms in total. The van der Waals surface area contributed by atoms with E-state index in [9.17, 15) is 0 Å². The van der Waals surface area contributed by atoms with Gasteiger partial charge in [-0.15, -0.1) is 11.3 Å². The third-order valence-electron chi connectivity index (χ3n) is 4.09. The molecule has 1 aliphatic rings. The van der Waals surface area contributed by atoms with E-state index >= 15 is 0 Å². The van der Waals surface area contributed by atoms with Crippen molar-refractivity contribution in [2.75, 3.05) is 6.54 Å². The zero-order valence-corrected chi connectivity index (χ0v) is 13.1. The van der Waals surface area contributed by atoms with Gasteiger partial charge in [-0.25, -0.2) is 0 Å². The van der Waals surface area contributed by atoms with Gasteiger partial charge in [-0.3, -0.25) is 4.90 Å². The Morgan fingerprint density at radius 3 is 3.15 bits per heavy atom. The quantitative estimate of drug-likeness (QED) is 0.820. The molecule has 1 fully saturated rings. The summed E-state index contributed by atoms with van der Waals surface area (Å²) < 4.78 is 5.45. The number of nitrogens with zero attached hydrogens (tertiary/aromatic N) is 2. The molecule has 0 N–H and O–H groups in total. The summed E-state index contributed by atoms with van der Waals surface area (Å²) >= 11 is 1.86. The van der Waals surface area contributed by atoms with E-state index in [1.165, 1.54) is 23.3 Å². The van der Waals surface area contributed by atoms with Crippen molar-refractivity contribution in [3.63, 3.8) is 0 Å². The number of rotatable bonds is 5. The van der Waals surface area contributed by atoms with Crippen LogP contribution >= 0.6 is 11.3 Å². The number of hydrogen-bond acceptors (Lipinski definition) is 4. The van der Waals surface area contributed by atoms with E-state index in [4.69, 9.17) is 4.52 Å². The Morgan fingerprint density at radius 1 is 1.50 bits per heavy atom. The minimum atomic E-state index is 0.436. The SMILES string of the molecule is CCCc1cc(C2CCCN2Cc2sccc2C)no1. The predicted molar refractivity (Wildman–Crippen MR) is 81.9 cm³/mol. The first-order valence-corrected chi connectivity index (χ1v) is 8.38. The molecule has 2 aromatic rings. The van der Waals surface area contributed by atoms with E-state index in [0.29, 0.717) is 6.04 Å². The molecule has 2 aromatic heterocycles. The second-order valence-corrected chi connectivity index (χ2v) is 6.62. The fraction of sp³-hybridized carbons (Fsp3) is 0.562. The molecule has 1 saturated heterocycles. The van der Waals surface area contributed by atoms with Crippen LogP contribution in [0.25, 0.3) is 0 Å². The maximum atomic E-state index is 5.45. The normalized spacial score (nSPS) is 19.8. The van der Waals surface area contributed by atoms with Crippen molar-refractivity contribution in [1.82, 2.24) is 10.1 Å². The van der Waals surface area contributed by atoms with Crippen LogP contribution in [0.4, 0.5) is 0 Å². The smallest absolute Gasteiger partial charge is 0.137 e. The Bertz CT molecular complexity index is 560. The summed E-state index contributed by atoms with van der Waals surface area (Å²) in [5, 5.41) is 6.49. The molecular formula is C16H22N2OS. The van der Waals surface area contributed by atoms with Crippen molar-refractivity contribution in [3.8, 4) is 0 Å². The molecular weight excluding hydrogens is 268 g/mol. The second-order valence-electron chi connectivity index (χ2n) is 5.62. The molecule has 1 aliphatic heterocycles. The van der Waals surface area contributed by atoms with Crippen LogP contribution in [0.2, 0.25) is 0 Å². The lowest BCUT2D eigenvalue weighted by atomic mass is 10.1. The van der Waals surface area contributed by atoms with E-state index in [0.717, 1.165) is 37.4 Å². The molecule has 20 heavy (non-hydrogen) atoms. The molecule has 1 unspecified atom stereocenters. The Morgan fingerprint density at radius 2 is 2.40 bits per heavy atom. The minimum Gasteiger partial charge on any atom is -0.361 e. The molecule has 0 radical (unpaired) electrons. The van der Waals surface area contributed by atoms with Crippen LogP contribution in [0.15, 0.2) is 22.0 Å². The van der Waals surface area contributed by atoms with Gasteiger partial charge in [0.2, 0.25) is 0 Å². The van der Waals surface area contributed by atoms with Crippen molar-refractivity contribution < 1.29 is 4.52 Å². The summed E-state index contributed by atoms with van der Waals surface area (Å²) in [4.78, 5) is 4.03. The molecule has 3 rings (SSSR count). The average molecular weight is 290 g/mol. The van der Waals surface area contributed by atoms with E-state index in [2.05, 4.69) is 41.4 Å². The number of aryl methyl sites for hydroxylation is 2. The first-order chi connectivity index (χ1) is 9.78. The molecule has 0 bridgehead atoms. The van der Waals surface area contributed by atoms with Gasteiger partial charge in [-0.05, 0) is 49.7 Å². The highest BCUT2D eigenvalue weighted by molar-refractivity contribution is 7.10. The first-order valence-electron chi connectivity index (χ1n) is 7.50.